The predicted octanol–water partition coefficient (Wildman–Crippen LogP) is 2.80. The van der Waals surface area contributed by atoms with E-state index in [4.69, 9.17) is 19.8 Å². The summed E-state index contributed by atoms with van der Waals surface area (Å²) < 4.78 is 13.6. The lowest BCUT2D eigenvalue weighted by Crippen LogP contribution is -2.58. The summed E-state index contributed by atoms with van der Waals surface area (Å²) in [5, 5.41) is 17.1. The molecule has 1 aliphatic rings. The van der Waals surface area contributed by atoms with Crippen LogP contribution in [0.5, 0.6) is 0 Å². The Labute approximate surface area is 193 Å². The predicted molar refractivity (Wildman–Crippen MR) is 125 cm³/mol. The summed E-state index contributed by atoms with van der Waals surface area (Å²) in [4.78, 5) is 33.7. The van der Waals surface area contributed by atoms with Crippen molar-refractivity contribution < 1.29 is 29.0 Å². The van der Waals surface area contributed by atoms with E-state index in [0.717, 1.165) is 26.1 Å². The van der Waals surface area contributed by atoms with E-state index < -0.39 is 5.54 Å². The molecule has 33 heavy (non-hydrogen) atoms. The average Bonchev–Trinajstić information content (AvgIpc) is 2.80. The summed E-state index contributed by atoms with van der Waals surface area (Å²) in [5.74, 6) is -0.248. The molecule has 180 valence electrons. The Kier molecular flexibility index (Phi) is 12.2. The molecule has 0 bridgehead atoms. The molecule has 3 N–H and O–H groups in total. The van der Waals surface area contributed by atoms with Crippen molar-refractivity contribution in [2.75, 3.05) is 39.0 Å². The number of carbonyl (C=O) groups excluding carboxylic acids is 1. The summed E-state index contributed by atoms with van der Waals surface area (Å²) >= 11 is 0. The molecule has 8 nitrogen and oxygen atoms in total. The number of anilines is 1. The maximum Gasteiger partial charge on any atom is 0.290 e. The third kappa shape index (κ3) is 9.28. The van der Waals surface area contributed by atoms with Crippen LogP contribution in [0.15, 0.2) is 54.6 Å². The van der Waals surface area contributed by atoms with E-state index in [-0.39, 0.29) is 24.7 Å². The maximum absolute atomic E-state index is 13.6. The summed E-state index contributed by atoms with van der Waals surface area (Å²) in [6.07, 6.45) is 2.41. The molecule has 0 spiro atoms. The lowest BCUT2D eigenvalue weighted by atomic mass is 9.85. The number of likely N-dealkylation sites (N-methyl/N-ethyl adjacent to an activating group) is 1. The molecule has 2 aromatic rings. The number of hydrogen-bond acceptors (Lipinski definition) is 5. The molecule has 1 fully saturated rings. The molecular formula is C24H32FN3O5. The first-order valence-corrected chi connectivity index (χ1v) is 10.5. The van der Waals surface area contributed by atoms with Gasteiger partial charge in [0.05, 0.1) is 0 Å². The van der Waals surface area contributed by atoms with Crippen molar-refractivity contribution in [2.24, 2.45) is 0 Å². The fourth-order valence-corrected chi connectivity index (χ4v) is 3.75. The van der Waals surface area contributed by atoms with E-state index in [1.54, 1.807) is 25.1 Å². The highest BCUT2D eigenvalue weighted by molar-refractivity contribution is 5.89. The number of piperidine rings is 1. The number of carbonyl (C=O) groups is 3. The van der Waals surface area contributed by atoms with Crippen molar-refractivity contribution >= 4 is 24.5 Å². The van der Waals surface area contributed by atoms with Crippen LogP contribution in [0, 0.1) is 5.82 Å². The van der Waals surface area contributed by atoms with Crippen LogP contribution < -0.4 is 5.32 Å². The largest absolute Gasteiger partial charge is 0.483 e. The molecule has 3 rings (SSSR count). The molecule has 0 aromatic heterocycles. The maximum atomic E-state index is 13.6. The Morgan fingerprint density at radius 1 is 1.06 bits per heavy atom. The van der Waals surface area contributed by atoms with E-state index >= 15 is 0 Å². The summed E-state index contributed by atoms with van der Waals surface area (Å²) in [6.45, 7) is 2.17. The van der Waals surface area contributed by atoms with Crippen molar-refractivity contribution in [3.05, 3.63) is 66.0 Å². The molecule has 0 saturated carbocycles. The molecule has 1 aliphatic heterocycles. The summed E-state index contributed by atoms with van der Waals surface area (Å²) in [5.41, 5.74) is 1.31. The van der Waals surface area contributed by atoms with Crippen molar-refractivity contribution in [3.8, 4) is 0 Å². The van der Waals surface area contributed by atoms with Gasteiger partial charge in [-0.2, -0.15) is 0 Å². The van der Waals surface area contributed by atoms with Gasteiger partial charge in [0.25, 0.3) is 12.9 Å². The smallest absolute Gasteiger partial charge is 0.290 e. The van der Waals surface area contributed by atoms with Crippen molar-refractivity contribution in [2.45, 2.75) is 24.8 Å². The van der Waals surface area contributed by atoms with Crippen molar-refractivity contribution in [1.82, 2.24) is 9.80 Å². The van der Waals surface area contributed by atoms with Gasteiger partial charge in [0.1, 0.15) is 11.4 Å². The van der Waals surface area contributed by atoms with Gasteiger partial charge >= 0.3 is 0 Å². The van der Waals surface area contributed by atoms with Gasteiger partial charge in [-0.15, -0.1) is 0 Å². The second-order valence-corrected chi connectivity index (χ2v) is 7.71. The summed E-state index contributed by atoms with van der Waals surface area (Å²) in [7, 11) is 3.55. The minimum Gasteiger partial charge on any atom is -0.483 e. The second-order valence-electron chi connectivity index (χ2n) is 7.71. The SMILES string of the molecule is CN(C)C(=O)C1(Nc2cccc(F)c2)CCN(CCc2ccccc2)CC1.O=CO.O=CO. The molecule has 0 aliphatic carbocycles. The number of nitrogens with one attached hydrogen (secondary N) is 1. The highest BCUT2D eigenvalue weighted by Crippen LogP contribution is 2.29. The van der Waals surface area contributed by atoms with Gasteiger partial charge in [0.15, 0.2) is 0 Å². The number of benzene rings is 2. The van der Waals surface area contributed by atoms with E-state index in [1.165, 1.54) is 17.7 Å². The Hall–Kier alpha value is -3.46. The quantitative estimate of drug-likeness (QED) is 0.568. The van der Waals surface area contributed by atoms with E-state index in [9.17, 15) is 9.18 Å². The molecule has 0 unspecified atom stereocenters. The van der Waals surface area contributed by atoms with Gasteiger partial charge in [-0.25, -0.2) is 4.39 Å². The van der Waals surface area contributed by atoms with Crippen LogP contribution in [0.25, 0.3) is 0 Å². The summed E-state index contributed by atoms with van der Waals surface area (Å²) in [6, 6.07) is 16.8. The molecule has 1 heterocycles. The number of rotatable bonds is 6. The van der Waals surface area contributed by atoms with E-state index in [2.05, 4.69) is 34.5 Å². The van der Waals surface area contributed by atoms with Crippen LogP contribution in [0.4, 0.5) is 10.1 Å². The number of carboxylic acid groups (broad SMARTS) is 2. The molecule has 0 radical (unpaired) electrons. The first-order chi connectivity index (χ1) is 15.8. The topological polar surface area (TPSA) is 110 Å². The lowest BCUT2D eigenvalue weighted by Gasteiger charge is -2.43. The zero-order valence-electron chi connectivity index (χ0n) is 19.0. The van der Waals surface area contributed by atoms with Crippen LogP contribution in [-0.2, 0) is 20.8 Å². The molecule has 9 heteroatoms. The Morgan fingerprint density at radius 3 is 2.15 bits per heavy atom. The van der Waals surface area contributed by atoms with Crippen molar-refractivity contribution in [3.63, 3.8) is 0 Å². The zero-order valence-corrected chi connectivity index (χ0v) is 19.0. The standard InChI is InChI=1S/C22H28FN3O.2CH2O2/c1-25(2)21(27)22(24-20-10-6-9-19(23)17-20)12-15-26(16-13-22)14-11-18-7-4-3-5-8-18;2*2-1-3/h3-10,17,24H,11-16H2,1-2H3;2*1H,(H,2,3). The first-order valence-electron chi connectivity index (χ1n) is 10.5. The monoisotopic (exact) mass is 461 g/mol. The lowest BCUT2D eigenvalue weighted by molar-refractivity contribution is -0.135. The number of halogens is 1. The normalized spacial score (nSPS) is 14.4. The van der Waals surface area contributed by atoms with Gasteiger partial charge in [0, 0.05) is 39.4 Å². The molecule has 0 atom stereocenters. The average molecular weight is 462 g/mol. The molecular weight excluding hydrogens is 429 g/mol. The van der Waals surface area contributed by atoms with E-state index in [1.807, 2.05) is 12.1 Å². The van der Waals surface area contributed by atoms with Gasteiger partial charge < -0.3 is 25.3 Å². The second kappa shape index (κ2) is 14.6. The molecule has 2 aromatic carbocycles. The van der Waals surface area contributed by atoms with Crippen LogP contribution in [-0.4, -0.2) is 78.1 Å². The highest BCUT2D eigenvalue weighted by Gasteiger charge is 2.42. The fourth-order valence-electron chi connectivity index (χ4n) is 3.75. The number of amides is 1. The van der Waals surface area contributed by atoms with Crippen LogP contribution in [0.2, 0.25) is 0 Å². The first kappa shape index (κ1) is 27.6. The highest BCUT2D eigenvalue weighted by atomic mass is 19.1. The van der Waals surface area contributed by atoms with Gasteiger partial charge in [0.2, 0.25) is 5.91 Å². The Balaban J connectivity index is 0.000000819. The van der Waals surface area contributed by atoms with Gasteiger partial charge in [-0.05, 0) is 43.0 Å². The molecule has 1 saturated heterocycles. The third-order valence-corrected chi connectivity index (χ3v) is 5.29. The van der Waals surface area contributed by atoms with Crippen LogP contribution in [0.3, 0.4) is 0 Å². The van der Waals surface area contributed by atoms with Gasteiger partial charge in [-0.1, -0.05) is 36.4 Å². The van der Waals surface area contributed by atoms with E-state index in [0.29, 0.717) is 18.5 Å². The zero-order chi connectivity index (χ0) is 24.7. The number of nitrogens with zero attached hydrogens (tertiary/aromatic N) is 2. The van der Waals surface area contributed by atoms with Crippen LogP contribution >= 0.6 is 0 Å². The number of hydrogen-bond donors (Lipinski definition) is 3. The van der Waals surface area contributed by atoms with Gasteiger partial charge in [-0.3, -0.25) is 14.4 Å². The minimum atomic E-state index is -0.680. The molecule has 1 amide bonds. The fraction of sp³-hybridized carbons (Fsp3) is 0.375. The number of likely N-dealkylation sites (tertiary alicyclic amines) is 1. The third-order valence-electron chi connectivity index (χ3n) is 5.29. The van der Waals surface area contributed by atoms with Crippen molar-refractivity contribution in [1.29, 1.82) is 0 Å². The Morgan fingerprint density at radius 2 is 1.64 bits per heavy atom. The Bertz CT molecular complexity index is 850. The minimum absolute atomic E-state index is 0.0504. The van der Waals surface area contributed by atoms with Crippen LogP contribution in [0.1, 0.15) is 18.4 Å².